The number of rotatable bonds is 3. The van der Waals surface area contributed by atoms with Gasteiger partial charge >= 0.3 is 0 Å². The Balaban J connectivity index is 1.35. The van der Waals surface area contributed by atoms with Gasteiger partial charge in [0.1, 0.15) is 0 Å². The number of amides is 3. The second kappa shape index (κ2) is 8.52. The highest BCUT2D eigenvalue weighted by Crippen LogP contribution is 2.36. The van der Waals surface area contributed by atoms with Gasteiger partial charge in [-0.2, -0.15) is 0 Å². The average molecular weight is 424 g/mol. The van der Waals surface area contributed by atoms with Crippen LogP contribution in [0.1, 0.15) is 24.0 Å². The summed E-state index contributed by atoms with van der Waals surface area (Å²) in [6, 6.07) is 13.5. The number of para-hydroxylation sites is 1. The SMILES string of the molecule is Cc1ccc(C)c(NC(=O)C2CCN(C(=O)C3Sc4ccccc4NC3=O)CC2)c1. The summed E-state index contributed by atoms with van der Waals surface area (Å²) in [4.78, 5) is 40.7. The minimum absolute atomic E-state index is 0.00508. The third-order valence-corrected chi connectivity index (χ3v) is 6.94. The Kier molecular flexibility index (Phi) is 5.81. The number of likely N-dealkylation sites (tertiary alicyclic amines) is 1. The van der Waals surface area contributed by atoms with Crippen LogP contribution in [0.2, 0.25) is 0 Å². The molecular formula is C23H25N3O3S. The molecule has 4 rings (SSSR count). The number of hydrogen-bond acceptors (Lipinski definition) is 4. The number of carbonyl (C=O) groups excluding carboxylic acids is 3. The summed E-state index contributed by atoms with van der Waals surface area (Å²) in [5.74, 6) is -0.601. The molecule has 2 aliphatic rings. The standard InChI is InChI=1S/C23H25N3O3S/c1-14-7-8-15(2)18(13-14)25-21(27)16-9-11-26(12-10-16)23(29)20-22(28)24-17-5-3-4-6-19(17)30-20/h3-8,13,16,20H,9-12H2,1-2H3,(H,24,28)(H,25,27). The van der Waals surface area contributed by atoms with E-state index in [-0.39, 0.29) is 23.6 Å². The van der Waals surface area contributed by atoms with Gasteiger partial charge in [0.05, 0.1) is 5.69 Å². The summed E-state index contributed by atoms with van der Waals surface area (Å²) in [5, 5.41) is 5.08. The van der Waals surface area contributed by atoms with Gasteiger partial charge in [-0.1, -0.05) is 24.3 Å². The van der Waals surface area contributed by atoms with E-state index in [0.29, 0.717) is 25.9 Å². The molecule has 2 N–H and O–H groups in total. The van der Waals surface area contributed by atoms with Gasteiger partial charge in [0.15, 0.2) is 5.25 Å². The van der Waals surface area contributed by atoms with E-state index in [0.717, 1.165) is 27.4 Å². The number of nitrogens with zero attached hydrogens (tertiary/aromatic N) is 1. The van der Waals surface area contributed by atoms with Crippen LogP contribution >= 0.6 is 11.8 Å². The normalized spacial score (nSPS) is 19.1. The second-order valence-electron chi connectivity index (χ2n) is 7.89. The van der Waals surface area contributed by atoms with Crippen molar-refractivity contribution >= 4 is 40.9 Å². The molecule has 0 aromatic heterocycles. The topological polar surface area (TPSA) is 78.5 Å². The Morgan fingerprint density at radius 1 is 1.10 bits per heavy atom. The van der Waals surface area contributed by atoms with Gasteiger partial charge in [0.25, 0.3) is 0 Å². The van der Waals surface area contributed by atoms with E-state index in [4.69, 9.17) is 0 Å². The highest BCUT2D eigenvalue weighted by atomic mass is 32.2. The molecular weight excluding hydrogens is 398 g/mol. The highest BCUT2D eigenvalue weighted by molar-refractivity contribution is 8.01. The van der Waals surface area contributed by atoms with Crippen LogP contribution in [-0.4, -0.2) is 41.0 Å². The third kappa shape index (κ3) is 4.21. The van der Waals surface area contributed by atoms with Crippen molar-refractivity contribution in [1.29, 1.82) is 0 Å². The summed E-state index contributed by atoms with van der Waals surface area (Å²) >= 11 is 1.30. The van der Waals surface area contributed by atoms with Crippen molar-refractivity contribution in [2.45, 2.75) is 36.8 Å². The highest BCUT2D eigenvalue weighted by Gasteiger charge is 2.37. The molecule has 7 heteroatoms. The van der Waals surface area contributed by atoms with Gasteiger partial charge < -0.3 is 15.5 Å². The van der Waals surface area contributed by atoms with Gasteiger partial charge in [-0.05, 0) is 56.0 Å². The minimum Gasteiger partial charge on any atom is -0.341 e. The lowest BCUT2D eigenvalue weighted by atomic mass is 9.95. The van der Waals surface area contributed by atoms with E-state index in [1.165, 1.54) is 11.8 Å². The molecule has 1 fully saturated rings. The van der Waals surface area contributed by atoms with Crippen LogP contribution in [0.5, 0.6) is 0 Å². The molecule has 1 unspecified atom stereocenters. The summed E-state index contributed by atoms with van der Waals surface area (Å²) in [5.41, 5.74) is 3.72. The molecule has 0 radical (unpaired) electrons. The van der Waals surface area contributed by atoms with Crippen molar-refractivity contribution in [2.24, 2.45) is 5.92 Å². The zero-order chi connectivity index (χ0) is 21.3. The van der Waals surface area contributed by atoms with Crippen molar-refractivity contribution in [3.05, 3.63) is 53.6 Å². The fourth-order valence-corrected chi connectivity index (χ4v) is 4.92. The molecule has 1 atom stereocenters. The number of aryl methyl sites for hydroxylation is 2. The van der Waals surface area contributed by atoms with E-state index >= 15 is 0 Å². The third-order valence-electron chi connectivity index (χ3n) is 5.68. The smallest absolute Gasteiger partial charge is 0.247 e. The van der Waals surface area contributed by atoms with Crippen LogP contribution in [0.25, 0.3) is 0 Å². The van der Waals surface area contributed by atoms with Gasteiger partial charge in [-0.25, -0.2) is 0 Å². The van der Waals surface area contributed by atoms with E-state index < -0.39 is 5.25 Å². The molecule has 0 aliphatic carbocycles. The Hall–Kier alpha value is -2.80. The number of nitrogens with one attached hydrogen (secondary N) is 2. The maximum Gasteiger partial charge on any atom is 0.247 e. The average Bonchev–Trinajstić information content (AvgIpc) is 2.75. The Morgan fingerprint density at radius 2 is 1.83 bits per heavy atom. The van der Waals surface area contributed by atoms with E-state index in [9.17, 15) is 14.4 Å². The number of hydrogen-bond donors (Lipinski definition) is 2. The molecule has 30 heavy (non-hydrogen) atoms. The number of fused-ring (bicyclic) bond motifs is 1. The fourth-order valence-electron chi connectivity index (χ4n) is 3.85. The quantitative estimate of drug-likeness (QED) is 0.740. The number of benzene rings is 2. The van der Waals surface area contributed by atoms with Crippen LogP contribution in [0.3, 0.4) is 0 Å². The first-order chi connectivity index (χ1) is 14.4. The molecule has 2 aromatic carbocycles. The summed E-state index contributed by atoms with van der Waals surface area (Å²) < 4.78 is 0. The lowest BCUT2D eigenvalue weighted by Gasteiger charge is -2.34. The molecule has 3 amide bonds. The van der Waals surface area contributed by atoms with Gasteiger partial charge in [-0.15, -0.1) is 11.8 Å². The van der Waals surface area contributed by atoms with Crippen molar-refractivity contribution in [1.82, 2.24) is 4.90 Å². The molecule has 2 heterocycles. The zero-order valence-corrected chi connectivity index (χ0v) is 17.9. The molecule has 1 saturated heterocycles. The molecule has 6 nitrogen and oxygen atoms in total. The second-order valence-corrected chi connectivity index (χ2v) is 9.04. The van der Waals surface area contributed by atoms with Crippen LogP contribution in [0.15, 0.2) is 47.4 Å². The Bertz CT molecular complexity index is 999. The molecule has 0 saturated carbocycles. The zero-order valence-electron chi connectivity index (χ0n) is 17.1. The Labute approximate surface area is 180 Å². The largest absolute Gasteiger partial charge is 0.341 e. The van der Waals surface area contributed by atoms with Crippen LogP contribution in [0, 0.1) is 19.8 Å². The van der Waals surface area contributed by atoms with Gasteiger partial charge in [0.2, 0.25) is 17.7 Å². The van der Waals surface area contributed by atoms with Crippen molar-refractivity contribution < 1.29 is 14.4 Å². The van der Waals surface area contributed by atoms with Crippen molar-refractivity contribution in [3.63, 3.8) is 0 Å². The maximum absolute atomic E-state index is 13.0. The van der Waals surface area contributed by atoms with Crippen molar-refractivity contribution in [3.8, 4) is 0 Å². The minimum atomic E-state index is -0.778. The summed E-state index contributed by atoms with van der Waals surface area (Å²) in [6.45, 7) is 4.93. The molecule has 0 spiro atoms. The van der Waals surface area contributed by atoms with Crippen molar-refractivity contribution in [2.75, 3.05) is 23.7 Å². The lowest BCUT2D eigenvalue weighted by molar-refractivity contribution is -0.136. The molecule has 0 bridgehead atoms. The first-order valence-corrected chi connectivity index (χ1v) is 11.0. The van der Waals surface area contributed by atoms with E-state index in [2.05, 4.69) is 10.6 Å². The molecule has 2 aliphatic heterocycles. The number of anilines is 2. The summed E-state index contributed by atoms with van der Waals surface area (Å²) in [7, 11) is 0. The predicted octanol–water partition coefficient (Wildman–Crippen LogP) is 3.59. The lowest BCUT2D eigenvalue weighted by Crippen LogP contribution is -2.48. The summed E-state index contributed by atoms with van der Waals surface area (Å²) in [6.07, 6.45) is 1.19. The Morgan fingerprint density at radius 3 is 2.60 bits per heavy atom. The molecule has 2 aromatic rings. The van der Waals surface area contributed by atoms with Gasteiger partial charge in [0, 0.05) is 29.6 Å². The van der Waals surface area contributed by atoms with Crippen LogP contribution in [-0.2, 0) is 14.4 Å². The monoisotopic (exact) mass is 423 g/mol. The van der Waals surface area contributed by atoms with Crippen LogP contribution in [0.4, 0.5) is 11.4 Å². The number of thioether (sulfide) groups is 1. The van der Waals surface area contributed by atoms with E-state index in [1.807, 2.05) is 56.3 Å². The first-order valence-electron chi connectivity index (χ1n) is 10.2. The number of piperidine rings is 1. The number of carbonyl (C=O) groups is 3. The van der Waals surface area contributed by atoms with E-state index in [1.54, 1.807) is 4.90 Å². The first kappa shape index (κ1) is 20.5. The fraction of sp³-hybridized carbons (Fsp3) is 0.348. The maximum atomic E-state index is 13.0. The molecule has 156 valence electrons. The predicted molar refractivity (Wildman–Crippen MR) is 119 cm³/mol. The van der Waals surface area contributed by atoms with Gasteiger partial charge in [-0.3, -0.25) is 14.4 Å². The van der Waals surface area contributed by atoms with Crippen LogP contribution < -0.4 is 10.6 Å².